The predicted molar refractivity (Wildman–Crippen MR) is 63.2 cm³/mol. The van der Waals surface area contributed by atoms with Gasteiger partial charge in [0.1, 0.15) is 0 Å². The number of carboxylic acid groups (broad SMARTS) is 1. The molecule has 0 fully saturated rings. The molecule has 1 rings (SSSR count). The van der Waals surface area contributed by atoms with Gasteiger partial charge in [-0.05, 0) is 39.7 Å². The monoisotopic (exact) mass is 244 g/mol. The number of hydrogen-bond donors (Lipinski definition) is 1. The van der Waals surface area contributed by atoms with Gasteiger partial charge in [-0.1, -0.05) is 0 Å². The first kappa shape index (κ1) is 13.0. The van der Waals surface area contributed by atoms with Crippen LogP contribution in [0.15, 0.2) is 6.07 Å². The number of halogens is 1. The van der Waals surface area contributed by atoms with E-state index in [-0.39, 0.29) is 11.2 Å². The van der Waals surface area contributed by atoms with E-state index in [0.29, 0.717) is 5.88 Å². The van der Waals surface area contributed by atoms with Crippen LogP contribution in [-0.4, -0.2) is 26.7 Å². The largest absolute Gasteiger partial charge is 0.476 e. The van der Waals surface area contributed by atoms with Crippen LogP contribution in [0.5, 0.6) is 0 Å². The highest BCUT2D eigenvalue weighted by Crippen LogP contribution is 2.18. The maximum absolute atomic E-state index is 10.9. The lowest BCUT2D eigenvalue weighted by atomic mass is 10.1. The zero-order valence-corrected chi connectivity index (χ0v) is 10.6. The minimum absolute atomic E-state index is 0.0968. The minimum atomic E-state index is -0.991. The topological polar surface area (TPSA) is 55.1 Å². The Morgan fingerprint density at radius 3 is 2.62 bits per heavy atom. The Morgan fingerprint density at radius 2 is 2.19 bits per heavy atom. The third-order valence-corrected chi connectivity index (χ3v) is 2.47. The molecular formula is C11H17ClN2O2. The number of nitrogens with zero attached hydrogens (tertiary/aromatic N) is 2. The van der Waals surface area contributed by atoms with Crippen molar-refractivity contribution in [3.8, 4) is 0 Å². The quantitative estimate of drug-likeness (QED) is 0.828. The van der Waals surface area contributed by atoms with Crippen molar-refractivity contribution in [2.24, 2.45) is 0 Å². The van der Waals surface area contributed by atoms with Crippen molar-refractivity contribution in [3.63, 3.8) is 0 Å². The molecule has 0 radical (unpaired) electrons. The van der Waals surface area contributed by atoms with Gasteiger partial charge in [-0.2, -0.15) is 5.10 Å². The normalized spacial score (nSPS) is 11.8. The summed E-state index contributed by atoms with van der Waals surface area (Å²) in [7, 11) is 0. The number of aromatic carboxylic acids is 1. The van der Waals surface area contributed by atoms with Crippen LogP contribution >= 0.6 is 11.6 Å². The second kappa shape index (κ2) is 4.87. The maximum Gasteiger partial charge on any atom is 0.356 e. The number of aryl methyl sites for hydroxylation is 1. The second-order valence-electron chi connectivity index (χ2n) is 4.70. The van der Waals surface area contributed by atoms with Gasteiger partial charge in [-0.15, -0.1) is 11.6 Å². The van der Waals surface area contributed by atoms with Crippen LogP contribution in [0.25, 0.3) is 0 Å². The minimum Gasteiger partial charge on any atom is -0.476 e. The standard InChI is InChI=1S/C11H17ClN2O2/c1-11(2,3)14-8(5-4-6-12)7-9(13-14)10(15)16/h7H,4-6H2,1-3H3,(H,15,16). The Balaban J connectivity index is 3.08. The van der Waals surface area contributed by atoms with Crippen molar-refractivity contribution in [1.29, 1.82) is 0 Å². The number of aromatic nitrogens is 2. The van der Waals surface area contributed by atoms with Gasteiger partial charge in [-0.3, -0.25) is 4.68 Å². The Bertz CT molecular complexity index is 380. The summed E-state index contributed by atoms with van der Waals surface area (Å²) < 4.78 is 1.77. The van der Waals surface area contributed by atoms with Crippen molar-refractivity contribution in [1.82, 2.24) is 9.78 Å². The molecule has 0 saturated carbocycles. The molecule has 5 heteroatoms. The Morgan fingerprint density at radius 1 is 1.56 bits per heavy atom. The van der Waals surface area contributed by atoms with Crippen molar-refractivity contribution >= 4 is 17.6 Å². The average Bonchev–Trinajstić information content (AvgIpc) is 2.57. The van der Waals surface area contributed by atoms with Crippen molar-refractivity contribution in [2.75, 3.05) is 5.88 Å². The van der Waals surface area contributed by atoms with Crippen LogP contribution in [0.3, 0.4) is 0 Å². The molecule has 4 nitrogen and oxygen atoms in total. The number of rotatable bonds is 4. The SMILES string of the molecule is CC(C)(C)n1nc(C(=O)O)cc1CCCCl. The molecule has 0 aromatic carbocycles. The van der Waals surface area contributed by atoms with Gasteiger partial charge in [0.25, 0.3) is 0 Å². The van der Waals surface area contributed by atoms with E-state index >= 15 is 0 Å². The fourth-order valence-electron chi connectivity index (χ4n) is 1.53. The van der Waals surface area contributed by atoms with Gasteiger partial charge < -0.3 is 5.11 Å². The summed E-state index contributed by atoms with van der Waals surface area (Å²) in [6.07, 6.45) is 1.57. The van der Waals surface area contributed by atoms with E-state index in [9.17, 15) is 4.79 Å². The summed E-state index contributed by atoms with van der Waals surface area (Å²) in [5.74, 6) is -0.423. The Kier molecular flexibility index (Phi) is 3.97. The van der Waals surface area contributed by atoms with Crippen molar-refractivity contribution in [3.05, 3.63) is 17.5 Å². The van der Waals surface area contributed by atoms with E-state index < -0.39 is 5.97 Å². The lowest BCUT2D eigenvalue weighted by Gasteiger charge is -2.22. The molecule has 0 aliphatic carbocycles. The number of hydrogen-bond acceptors (Lipinski definition) is 2. The van der Waals surface area contributed by atoms with Gasteiger partial charge in [0.2, 0.25) is 0 Å². The third-order valence-electron chi connectivity index (χ3n) is 2.20. The predicted octanol–water partition coefficient (Wildman–Crippen LogP) is 2.51. The van der Waals surface area contributed by atoms with Gasteiger partial charge >= 0.3 is 5.97 Å². The number of alkyl halides is 1. The number of carboxylic acids is 1. The van der Waals surface area contributed by atoms with Gasteiger partial charge in [-0.25, -0.2) is 4.79 Å². The summed E-state index contributed by atoms with van der Waals surface area (Å²) in [5, 5.41) is 13.0. The first-order valence-electron chi connectivity index (χ1n) is 5.25. The van der Waals surface area contributed by atoms with E-state index in [1.54, 1.807) is 10.7 Å². The highest BCUT2D eigenvalue weighted by atomic mass is 35.5. The first-order valence-corrected chi connectivity index (χ1v) is 5.78. The molecular weight excluding hydrogens is 228 g/mol. The van der Waals surface area contributed by atoms with Crippen molar-refractivity contribution < 1.29 is 9.90 Å². The molecule has 0 atom stereocenters. The first-order chi connectivity index (χ1) is 7.36. The fraction of sp³-hybridized carbons (Fsp3) is 0.636. The summed E-state index contributed by atoms with van der Waals surface area (Å²) >= 11 is 5.64. The average molecular weight is 245 g/mol. The van der Waals surface area contributed by atoms with Crippen LogP contribution in [0.1, 0.15) is 43.4 Å². The van der Waals surface area contributed by atoms with Gasteiger partial charge in [0, 0.05) is 11.6 Å². The van der Waals surface area contributed by atoms with Crippen LogP contribution in [0.4, 0.5) is 0 Å². The Labute approximate surface area is 100 Å². The summed E-state index contributed by atoms with van der Waals surface area (Å²) in [6, 6.07) is 1.63. The molecule has 0 spiro atoms. The lowest BCUT2D eigenvalue weighted by Crippen LogP contribution is -2.25. The van der Waals surface area contributed by atoms with Crippen molar-refractivity contribution in [2.45, 2.75) is 39.2 Å². The van der Waals surface area contributed by atoms with Gasteiger partial charge in [0.15, 0.2) is 5.69 Å². The molecule has 0 unspecified atom stereocenters. The van der Waals surface area contributed by atoms with E-state index in [0.717, 1.165) is 18.5 Å². The van der Waals surface area contributed by atoms with E-state index in [1.165, 1.54) is 0 Å². The highest BCUT2D eigenvalue weighted by Gasteiger charge is 2.21. The summed E-state index contributed by atoms with van der Waals surface area (Å²) in [6.45, 7) is 5.99. The second-order valence-corrected chi connectivity index (χ2v) is 5.08. The van der Waals surface area contributed by atoms with Crippen LogP contribution in [-0.2, 0) is 12.0 Å². The summed E-state index contributed by atoms with van der Waals surface area (Å²) in [4.78, 5) is 10.9. The smallest absolute Gasteiger partial charge is 0.356 e. The molecule has 1 heterocycles. The maximum atomic E-state index is 10.9. The number of carbonyl (C=O) groups is 1. The molecule has 0 amide bonds. The molecule has 90 valence electrons. The molecule has 16 heavy (non-hydrogen) atoms. The van der Waals surface area contributed by atoms with E-state index in [1.807, 2.05) is 20.8 Å². The zero-order valence-electron chi connectivity index (χ0n) is 9.83. The Hall–Kier alpha value is -1.03. The van der Waals surface area contributed by atoms with E-state index in [4.69, 9.17) is 16.7 Å². The fourth-order valence-corrected chi connectivity index (χ4v) is 1.66. The molecule has 0 bridgehead atoms. The van der Waals surface area contributed by atoms with Crippen LogP contribution in [0.2, 0.25) is 0 Å². The third kappa shape index (κ3) is 2.98. The molecule has 0 aliphatic heterocycles. The lowest BCUT2D eigenvalue weighted by molar-refractivity contribution is 0.0688. The van der Waals surface area contributed by atoms with Crippen LogP contribution in [0, 0.1) is 0 Å². The highest BCUT2D eigenvalue weighted by molar-refractivity contribution is 6.17. The molecule has 1 aromatic rings. The summed E-state index contributed by atoms with van der Waals surface area (Å²) in [5.41, 5.74) is 0.806. The molecule has 0 aliphatic rings. The van der Waals surface area contributed by atoms with Gasteiger partial charge in [0.05, 0.1) is 5.54 Å². The molecule has 0 saturated heterocycles. The zero-order chi connectivity index (χ0) is 12.3. The van der Waals surface area contributed by atoms with Crippen LogP contribution < -0.4 is 0 Å². The van der Waals surface area contributed by atoms with E-state index in [2.05, 4.69) is 5.10 Å². The molecule has 1 N–H and O–H groups in total. The molecule has 1 aromatic heterocycles.